The van der Waals surface area contributed by atoms with Gasteiger partial charge < -0.3 is 0 Å². The third-order valence-corrected chi connectivity index (χ3v) is 14.6. The van der Waals surface area contributed by atoms with Crippen molar-refractivity contribution in [3.05, 3.63) is 59.2 Å². The van der Waals surface area contributed by atoms with E-state index in [-0.39, 0.29) is 0 Å². The number of unbranched alkanes of at least 4 members (excludes halogenated alkanes) is 4. The first-order valence-electron chi connectivity index (χ1n) is 23.0. The van der Waals surface area contributed by atoms with Crippen molar-refractivity contribution >= 4 is 0 Å². The van der Waals surface area contributed by atoms with E-state index in [2.05, 4.69) is 64.4 Å². The van der Waals surface area contributed by atoms with Crippen molar-refractivity contribution < 1.29 is 0 Å². The smallest absolute Gasteiger partial charge is 0.0434 e. The van der Waals surface area contributed by atoms with E-state index in [9.17, 15) is 0 Å². The Morgan fingerprint density at radius 1 is 0.431 bits per heavy atom. The van der Waals surface area contributed by atoms with E-state index >= 15 is 0 Å². The molecule has 0 bridgehead atoms. The molecule has 4 saturated carbocycles. The summed E-state index contributed by atoms with van der Waals surface area (Å²) >= 11 is 0. The molecule has 0 radical (unpaired) electrons. The van der Waals surface area contributed by atoms with Crippen LogP contribution in [-0.2, 0) is 12.8 Å². The predicted molar refractivity (Wildman–Crippen MR) is 220 cm³/mol. The van der Waals surface area contributed by atoms with Crippen molar-refractivity contribution in [3.8, 4) is 0 Å². The topological polar surface area (TPSA) is 25.8 Å². The number of nitrogens with zero attached hydrogens (tertiary/aromatic N) is 2. The number of hydrogen-bond acceptors (Lipinski definition) is 2. The lowest BCUT2D eigenvalue weighted by atomic mass is 9.68. The van der Waals surface area contributed by atoms with Crippen molar-refractivity contribution in [1.82, 2.24) is 9.97 Å². The monoisotopic (exact) mass is 697 g/mol. The molecule has 4 aliphatic carbocycles. The molecule has 6 rings (SSSR count). The van der Waals surface area contributed by atoms with Crippen molar-refractivity contribution in [1.29, 1.82) is 0 Å². The lowest BCUT2D eigenvalue weighted by molar-refractivity contribution is 0.156. The van der Waals surface area contributed by atoms with Gasteiger partial charge >= 0.3 is 0 Å². The molecule has 0 aliphatic heterocycles. The maximum Gasteiger partial charge on any atom is 0.0434 e. The lowest BCUT2D eigenvalue weighted by Crippen LogP contribution is -2.25. The molecule has 4 aliphatic rings. The van der Waals surface area contributed by atoms with Crippen molar-refractivity contribution in [2.24, 2.45) is 35.5 Å². The summed E-state index contributed by atoms with van der Waals surface area (Å²) in [5.74, 6) is 7.65. The van der Waals surface area contributed by atoms with E-state index in [0.29, 0.717) is 0 Å². The first-order valence-corrected chi connectivity index (χ1v) is 23.0. The van der Waals surface area contributed by atoms with Gasteiger partial charge in [0.1, 0.15) is 0 Å². The Bertz CT molecular complexity index is 1150. The van der Waals surface area contributed by atoms with Gasteiger partial charge in [-0.3, -0.25) is 9.97 Å². The van der Waals surface area contributed by atoms with Crippen LogP contribution in [0.3, 0.4) is 0 Å². The summed E-state index contributed by atoms with van der Waals surface area (Å²) in [7, 11) is 0. The molecule has 286 valence electrons. The fraction of sp³-hybridized carbons (Fsp3) is 0.796. The Hall–Kier alpha value is -1.70. The molecule has 0 N–H and O–H groups in total. The molecule has 0 atom stereocenters. The second-order valence-corrected chi connectivity index (χ2v) is 18.1. The molecule has 2 heteroatoms. The molecule has 0 aromatic carbocycles. The second kappa shape index (κ2) is 22.5. The standard InChI is InChI=1S/C25H41N.C24H39N/c1-3-5-6-8-21-11-18-25(26-19-21)24-16-14-23(15-17-24)22-12-9-20(7-4-2)10-13-22;1-3-5-6-7-20-10-17-24(25-18-20)23-15-13-22(14-16-23)21-11-8-19(4-2)9-12-21/h11,18-20,22-24H,3-10,12-17H2,1-2H3;10,17-19,21-23H,3-9,11-16H2,1-2H3/t20-,22-,23?,24?;19-,21-,22?,23?. The maximum absolute atomic E-state index is 4.85. The van der Waals surface area contributed by atoms with Gasteiger partial charge in [-0.15, -0.1) is 0 Å². The summed E-state index contributed by atoms with van der Waals surface area (Å²) in [5, 5.41) is 0. The van der Waals surface area contributed by atoms with Crippen LogP contribution in [-0.4, -0.2) is 9.97 Å². The van der Waals surface area contributed by atoms with Crippen LogP contribution >= 0.6 is 0 Å². The highest BCUT2D eigenvalue weighted by Gasteiger charge is 2.32. The normalized spacial score (nSPS) is 30.0. The SMILES string of the molecule is CCCCCc1ccc(C2CCC([C@H]3CC[C@H](CC)CC3)CC2)nc1.CCCCCc1ccc(C2CCC([C@H]3CC[C@H](CCC)CC3)CC2)nc1. The largest absolute Gasteiger partial charge is 0.261 e. The Balaban J connectivity index is 0.000000198. The molecule has 2 heterocycles. The van der Waals surface area contributed by atoms with Crippen molar-refractivity contribution in [2.75, 3.05) is 0 Å². The minimum Gasteiger partial charge on any atom is -0.261 e. The number of rotatable bonds is 15. The Kier molecular flexibility index (Phi) is 17.9. The Labute approximate surface area is 316 Å². The minimum absolute atomic E-state index is 0.729. The average molecular weight is 697 g/mol. The summed E-state index contributed by atoms with van der Waals surface area (Å²) < 4.78 is 0. The fourth-order valence-electron chi connectivity index (χ4n) is 11.0. The third kappa shape index (κ3) is 13.0. The molecule has 2 aromatic rings. The van der Waals surface area contributed by atoms with Crippen molar-refractivity contribution in [2.45, 2.75) is 213 Å². The maximum atomic E-state index is 4.85. The number of hydrogen-bond donors (Lipinski definition) is 0. The van der Waals surface area contributed by atoms with Crippen LogP contribution in [0.5, 0.6) is 0 Å². The van der Waals surface area contributed by atoms with E-state index in [1.165, 1.54) is 196 Å². The molecule has 0 amide bonds. The van der Waals surface area contributed by atoms with Gasteiger partial charge in [-0.25, -0.2) is 0 Å². The molecule has 4 fully saturated rings. The van der Waals surface area contributed by atoms with Gasteiger partial charge in [-0.1, -0.05) is 110 Å². The summed E-state index contributed by atoms with van der Waals surface area (Å²) in [4.78, 5) is 9.69. The van der Waals surface area contributed by atoms with Crippen LogP contribution in [0.15, 0.2) is 36.7 Å². The molecule has 51 heavy (non-hydrogen) atoms. The van der Waals surface area contributed by atoms with E-state index < -0.39 is 0 Å². The van der Waals surface area contributed by atoms with Gasteiger partial charge in [0.15, 0.2) is 0 Å². The molecule has 2 nitrogen and oxygen atoms in total. The van der Waals surface area contributed by atoms with Gasteiger partial charge in [0.05, 0.1) is 0 Å². The van der Waals surface area contributed by atoms with Gasteiger partial charge in [0, 0.05) is 35.6 Å². The summed E-state index contributed by atoms with van der Waals surface area (Å²) in [6.45, 7) is 9.26. The molecular formula is C49H80N2. The highest BCUT2D eigenvalue weighted by molar-refractivity contribution is 5.19. The quantitative estimate of drug-likeness (QED) is 0.173. The number of aryl methyl sites for hydroxylation is 2. The number of aromatic nitrogens is 2. The van der Waals surface area contributed by atoms with Gasteiger partial charge in [-0.2, -0.15) is 0 Å². The van der Waals surface area contributed by atoms with Crippen LogP contribution < -0.4 is 0 Å². The Morgan fingerprint density at radius 3 is 1.16 bits per heavy atom. The molecule has 0 unspecified atom stereocenters. The first-order chi connectivity index (χ1) is 25.1. The summed E-state index contributed by atoms with van der Waals surface area (Å²) in [5.41, 5.74) is 5.60. The highest BCUT2D eigenvalue weighted by atomic mass is 14.7. The lowest BCUT2D eigenvalue weighted by Gasteiger charge is -2.37. The van der Waals surface area contributed by atoms with Gasteiger partial charge in [0.25, 0.3) is 0 Å². The van der Waals surface area contributed by atoms with Crippen LogP contribution in [0.1, 0.15) is 223 Å². The zero-order chi connectivity index (χ0) is 35.7. The van der Waals surface area contributed by atoms with E-state index in [4.69, 9.17) is 9.97 Å². The van der Waals surface area contributed by atoms with E-state index in [1.807, 2.05) is 0 Å². The van der Waals surface area contributed by atoms with Crippen LogP contribution in [0.2, 0.25) is 0 Å². The number of pyridine rings is 2. The van der Waals surface area contributed by atoms with Crippen LogP contribution in [0.4, 0.5) is 0 Å². The zero-order valence-corrected chi connectivity index (χ0v) is 34.1. The minimum atomic E-state index is 0.729. The third-order valence-electron chi connectivity index (χ3n) is 14.6. The predicted octanol–water partition coefficient (Wildman–Crippen LogP) is 15.0. The van der Waals surface area contributed by atoms with Crippen molar-refractivity contribution in [3.63, 3.8) is 0 Å². The van der Waals surface area contributed by atoms with Gasteiger partial charge in [0.2, 0.25) is 0 Å². The van der Waals surface area contributed by atoms with Crippen LogP contribution in [0, 0.1) is 35.5 Å². The molecule has 2 aromatic heterocycles. The zero-order valence-electron chi connectivity index (χ0n) is 34.1. The van der Waals surface area contributed by atoms with E-state index in [1.54, 1.807) is 0 Å². The molecule has 0 spiro atoms. The summed E-state index contributed by atoms with van der Waals surface area (Å²) in [6.07, 6.45) is 42.3. The highest BCUT2D eigenvalue weighted by Crippen LogP contribution is 2.45. The second-order valence-electron chi connectivity index (χ2n) is 18.1. The average Bonchev–Trinajstić information content (AvgIpc) is 3.20. The van der Waals surface area contributed by atoms with Gasteiger partial charge in [-0.05, 0) is 162 Å². The van der Waals surface area contributed by atoms with E-state index in [0.717, 1.165) is 47.3 Å². The summed E-state index contributed by atoms with van der Waals surface area (Å²) in [6, 6.07) is 9.36. The molecule has 0 saturated heterocycles. The first kappa shape index (κ1) is 40.5. The van der Waals surface area contributed by atoms with Crippen LogP contribution in [0.25, 0.3) is 0 Å². The molecular weight excluding hydrogens is 617 g/mol. The Morgan fingerprint density at radius 2 is 0.824 bits per heavy atom. The fourth-order valence-corrected chi connectivity index (χ4v) is 11.0.